The van der Waals surface area contributed by atoms with E-state index in [1.807, 2.05) is 27.7 Å². The molecule has 0 radical (unpaired) electrons. The molecule has 1 aliphatic heterocycles. The summed E-state index contributed by atoms with van der Waals surface area (Å²) < 4.78 is 15.3. The van der Waals surface area contributed by atoms with Gasteiger partial charge in [0.05, 0.1) is 12.0 Å². The van der Waals surface area contributed by atoms with Crippen molar-refractivity contribution in [2.24, 2.45) is 5.41 Å². The summed E-state index contributed by atoms with van der Waals surface area (Å²) in [7, 11) is -2.21. The maximum absolute atomic E-state index is 12.0. The Hall–Kier alpha value is 0.770. The first-order valence-electron chi connectivity index (χ1n) is 10.3. The van der Waals surface area contributed by atoms with E-state index in [9.17, 15) is 9.59 Å². The van der Waals surface area contributed by atoms with Crippen LogP contribution in [0.4, 0.5) is 4.79 Å². The fraction of sp³-hybridized carbons (Fsp3) is 0.900. The van der Waals surface area contributed by atoms with E-state index in [4.69, 9.17) is 14.1 Å². The number of nitrogens with zero attached hydrogens (tertiary/aromatic N) is 2. The van der Waals surface area contributed by atoms with Gasteiger partial charge in [-0.25, -0.2) is 4.79 Å². The summed E-state index contributed by atoms with van der Waals surface area (Å²) in [5.41, 5.74) is -1.14. The van der Waals surface area contributed by atoms with Gasteiger partial charge in [0.25, 0.3) is 0 Å². The third-order valence-corrected chi connectivity index (χ3v) is 9.15. The van der Waals surface area contributed by atoms with E-state index in [2.05, 4.69) is 39.3 Å². The van der Waals surface area contributed by atoms with Gasteiger partial charge >= 0.3 is 63.4 Å². The zero-order chi connectivity index (χ0) is 22.4. The number of esters is 1. The molecule has 1 heterocycles. The van der Waals surface area contributed by atoms with Crippen molar-refractivity contribution in [3.8, 4) is 0 Å². The molecule has 0 aromatic carbocycles. The molecule has 9 heteroatoms. The molecule has 1 amide bonds. The molecular weight excluding hydrogens is 428 g/mol. The Kier molecular flexibility index (Phi) is 14.0. The van der Waals surface area contributed by atoms with Crippen molar-refractivity contribution in [2.45, 2.75) is 92.3 Å². The number of piperidine rings is 1. The first kappa shape index (κ1) is 32.0. The van der Waals surface area contributed by atoms with Crippen LogP contribution in [0.25, 0.3) is 4.65 Å². The molecule has 1 aliphatic rings. The maximum atomic E-state index is 12.0. The van der Waals surface area contributed by atoms with Crippen LogP contribution in [0.1, 0.15) is 47.5 Å². The molecule has 0 N–H and O–H groups in total. The van der Waals surface area contributed by atoms with Gasteiger partial charge in [-0.3, -0.25) is 4.79 Å². The number of carbonyl (C=O) groups excluding carboxylic acids is 2. The molecule has 166 valence electrons. The SMILES string of the molecule is CCOC(=O)C1(C)CCCN(C(=O)OC(C)(C)C)C1.C[Si](C)(C)[N-][Si](C)(C)C.[K+]. The minimum Gasteiger partial charge on any atom is -0.668 e. The average Bonchev–Trinajstić information content (AvgIpc) is 2.42. The van der Waals surface area contributed by atoms with Crippen LogP contribution in [0, 0.1) is 5.41 Å². The van der Waals surface area contributed by atoms with Crippen LogP contribution in [-0.4, -0.2) is 58.7 Å². The second kappa shape index (κ2) is 12.7. The second-order valence-corrected chi connectivity index (χ2v) is 20.3. The zero-order valence-electron chi connectivity index (χ0n) is 21.1. The van der Waals surface area contributed by atoms with Crippen LogP contribution >= 0.6 is 0 Å². The monoisotopic (exact) mass is 470 g/mol. The van der Waals surface area contributed by atoms with Crippen LogP contribution in [-0.2, 0) is 14.3 Å². The summed E-state index contributed by atoms with van der Waals surface area (Å²) >= 11 is 0. The van der Waals surface area contributed by atoms with E-state index < -0.39 is 27.5 Å². The van der Waals surface area contributed by atoms with Gasteiger partial charge in [0.2, 0.25) is 0 Å². The number of ether oxygens (including phenoxy) is 2. The van der Waals surface area contributed by atoms with Crippen LogP contribution in [0.5, 0.6) is 0 Å². The van der Waals surface area contributed by atoms with E-state index >= 15 is 0 Å². The molecule has 1 unspecified atom stereocenters. The number of carbonyl (C=O) groups is 2. The maximum Gasteiger partial charge on any atom is 1.00 e. The van der Waals surface area contributed by atoms with E-state index in [0.29, 0.717) is 19.7 Å². The van der Waals surface area contributed by atoms with Crippen molar-refractivity contribution in [1.29, 1.82) is 0 Å². The van der Waals surface area contributed by atoms with Gasteiger partial charge < -0.3 is 19.0 Å². The molecular formula is C20H43KN2O4Si2. The van der Waals surface area contributed by atoms with Gasteiger partial charge in [-0.15, -0.1) is 0 Å². The molecule has 29 heavy (non-hydrogen) atoms. The molecule has 0 bridgehead atoms. The van der Waals surface area contributed by atoms with Gasteiger partial charge in [0, 0.05) is 13.1 Å². The number of hydrogen-bond donors (Lipinski definition) is 0. The normalized spacial score (nSPS) is 20.0. The van der Waals surface area contributed by atoms with Crippen LogP contribution < -0.4 is 51.4 Å². The Balaban J connectivity index is 0. The van der Waals surface area contributed by atoms with E-state index in [-0.39, 0.29) is 63.4 Å². The van der Waals surface area contributed by atoms with Gasteiger partial charge in [-0.05, 0) is 47.5 Å². The van der Waals surface area contributed by atoms with E-state index in [1.165, 1.54) is 0 Å². The van der Waals surface area contributed by atoms with Gasteiger partial charge in [0.1, 0.15) is 5.60 Å². The Labute approximate surface area is 223 Å². The Morgan fingerprint density at radius 1 is 1.07 bits per heavy atom. The Morgan fingerprint density at radius 3 is 1.90 bits per heavy atom. The van der Waals surface area contributed by atoms with Crippen molar-refractivity contribution >= 4 is 28.5 Å². The number of amides is 1. The number of hydrogen-bond acceptors (Lipinski definition) is 4. The Morgan fingerprint density at radius 2 is 1.55 bits per heavy atom. The summed E-state index contributed by atoms with van der Waals surface area (Å²) in [6.07, 6.45) is 1.17. The molecule has 0 aliphatic carbocycles. The molecule has 1 rings (SSSR count). The minimum absolute atomic E-state index is 0. The minimum atomic E-state index is -1.11. The molecule has 6 nitrogen and oxygen atoms in total. The van der Waals surface area contributed by atoms with Gasteiger partial charge in [-0.1, -0.05) is 55.8 Å². The van der Waals surface area contributed by atoms with Crippen molar-refractivity contribution < 1.29 is 70.4 Å². The van der Waals surface area contributed by atoms with Crippen molar-refractivity contribution in [2.75, 3.05) is 19.7 Å². The molecule has 0 spiro atoms. The topological polar surface area (TPSA) is 69.9 Å². The van der Waals surface area contributed by atoms with Crippen molar-refractivity contribution in [3.63, 3.8) is 0 Å². The summed E-state index contributed by atoms with van der Waals surface area (Å²) in [5.74, 6) is -0.233. The van der Waals surface area contributed by atoms with Crippen LogP contribution in [0.2, 0.25) is 39.3 Å². The van der Waals surface area contributed by atoms with Gasteiger partial charge in [-0.2, -0.15) is 0 Å². The first-order chi connectivity index (χ1) is 12.4. The standard InChI is InChI=1S/C14H25NO4.C6H18NSi2.K/c1-6-18-11(16)14(5)8-7-9-15(10-14)12(17)19-13(2,3)4;1-8(2,3)7-9(4,5)6;/h6-10H2,1-5H3;1-6H3;/q;-1;+1. The Bertz CT molecular complexity index is 516. The largest absolute Gasteiger partial charge is 1.00 e. The summed E-state index contributed by atoms with van der Waals surface area (Å²) in [6, 6.07) is 0. The molecule has 1 atom stereocenters. The third kappa shape index (κ3) is 15.2. The summed E-state index contributed by atoms with van der Waals surface area (Å²) in [6.45, 7) is 24.3. The van der Waals surface area contributed by atoms with E-state index in [0.717, 1.165) is 12.8 Å². The van der Waals surface area contributed by atoms with Crippen LogP contribution in [0.15, 0.2) is 0 Å². The average molecular weight is 471 g/mol. The van der Waals surface area contributed by atoms with Crippen molar-refractivity contribution in [1.82, 2.24) is 4.90 Å². The second-order valence-electron chi connectivity index (χ2n) is 10.7. The van der Waals surface area contributed by atoms with Gasteiger partial charge in [0.15, 0.2) is 0 Å². The van der Waals surface area contributed by atoms with Crippen molar-refractivity contribution in [3.05, 3.63) is 4.65 Å². The predicted octanol–water partition coefficient (Wildman–Crippen LogP) is 2.62. The first-order valence-corrected chi connectivity index (χ1v) is 17.2. The predicted molar refractivity (Wildman–Crippen MR) is 122 cm³/mol. The number of likely N-dealkylation sites (tertiary alicyclic amines) is 1. The molecule has 0 aromatic rings. The fourth-order valence-corrected chi connectivity index (χ4v) is 11.2. The summed E-state index contributed by atoms with van der Waals surface area (Å²) in [4.78, 5) is 25.6. The quantitative estimate of drug-likeness (QED) is 0.468. The summed E-state index contributed by atoms with van der Waals surface area (Å²) in [5, 5.41) is 0. The molecule has 1 saturated heterocycles. The fourth-order valence-electron chi connectivity index (χ4n) is 3.20. The third-order valence-electron chi connectivity index (χ3n) is 3.79. The smallest absolute Gasteiger partial charge is 0.668 e. The molecule has 1 fully saturated rings. The molecule has 0 saturated carbocycles. The zero-order valence-corrected chi connectivity index (χ0v) is 26.2. The van der Waals surface area contributed by atoms with Crippen LogP contribution in [0.3, 0.4) is 0 Å². The number of rotatable bonds is 4. The van der Waals surface area contributed by atoms with E-state index in [1.54, 1.807) is 11.8 Å². The molecule has 0 aromatic heterocycles.